The first-order valence-electron chi connectivity index (χ1n) is 6.77. The molecule has 21 heavy (non-hydrogen) atoms. The van der Waals surface area contributed by atoms with Crippen LogP contribution in [0.1, 0.15) is 32.0 Å². The van der Waals surface area contributed by atoms with Crippen molar-refractivity contribution in [1.29, 1.82) is 0 Å². The predicted molar refractivity (Wildman–Crippen MR) is 85.6 cm³/mol. The summed E-state index contributed by atoms with van der Waals surface area (Å²) in [5, 5.41) is 0. The lowest BCUT2D eigenvalue weighted by molar-refractivity contribution is 0.569. The van der Waals surface area contributed by atoms with Gasteiger partial charge in [0.1, 0.15) is 0 Å². The summed E-state index contributed by atoms with van der Waals surface area (Å²) in [6.07, 6.45) is 1.63. The minimum absolute atomic E-state index is 0.0407. The zero-order chi connectivity index (χ0) is 15.5. The maximum Gasteiger partial charge on any atom is 0.236 e. The van der Waals surface area contributed by atoms with Crippen LogP contribution in [0.2, 0.25) is 0 Å². The lowest BCUT2D eigenvalue weighted by Crippen LogP contribution is -2.17. The van der Waals surface area contributed by atoms with Crippen molar-refractivity contribution in [1.82, 2.24) is 4.98 Å². The molecule has 1 aromatic heterocycles. The van der Waals surface area contributed by atoms with Crippen molar-refractivity contribution in [3.8, 4) is 0 Å². The molecule has 0 atom stereocenters. The number of benzene rings is 1. The van der Waals surface area contributed by atoms with E-state index < -0.39 is 10.0 Å². The third-order valence-corrected chi connectivity index (χ3v) is 4.26. The van der Waals surface area contributed by atoms with Crippen LogP contribution in [0.3, 0.4) is 0 Å². The van der Waals surface area contributed by atoms with E-state index in [0.717, 1.165) is 11.3 Å². The van der Waals surface area contributed by atoms with E-state index in [0.29, 0.717) is 5.69 Å². The third-order valence-electron chi connectivity index (χ3n) is 3.00. The Labute approximate surface area is 126 Å². The minimum Gasteiger partial charge on any atom is -0.283 e. The van der Waals surface area contributed by atoms with Gasteiger partial charge in [0.05, 0.1) is 11.4 Å². The van der Waals surface area contributed by atoms with E-state index in [1.807, 2.05) is 39.0 Å². The number of pyridine rings is 1. The number of rotatable bonds is 4. The van der Waals surface area contributed by atoms with Gasteiger partial charge in [-0.15, -0.1) is 0 Å². The molecule has 5 heteroatoms. The monoisotopic (exact) mass is 304 g/mol. The highest BCUT2D eigenvalue weighted by atomic mass is 32.2. The Morgan fingerprint density at radius 1 is 1.10 bits per heavy atom. The highest BCUT2D eigenvalue weighted by molar-refractivity contribution is 7.91. The molecule has 0 aliphatic heterocycles. The fourth-order valence-corrected chi connectivity index (χ4v) is 3.10. The molecule has 2 rings (SSSR count). The summed E-state index contributed by atoms with van der Waals surface area (Å²) in [6, 6.07) is 12.6. The molecule has 1 heterocycles. The summed E-state index contributed by atoms with van der Waals surface area (Å²) in [5.74, 6) is -0.0407. The zero-order valence-electron chi connectivity index (χ0n) is 12.5. The van der Waals surface area contributed by atoms with E-state index in [2.05, 4.69) is 9.71 Å². The Kier molecular flexibility index (Phi) is 4.32. The predicted octanol–water partition coefficient (Wildman–Crippen LogP) is 3.32. The largest absolute Gasteiger partial charge is 0.283 e. The van der Waals surface area contributed by atoms with Crippen LogP contribution >= 0.6 is 0 Å². The van der Waals surface area contributed by atoms with E-state index >= 15 is 0 Å². The van der Waals surface area contributed by atoms with Crippen LogP contribution in [-0.2, 0) is 21.2 Å². The molecule has 0 aliphatic rings. The maximum absolute atomic E-state index is 12.2. The van der Waals surface area contributed by atoms with Crippen molar-refractivity contribution in [2.75, 3.05) is 4.72 Å². The molecule has 0 bridgehead atoms. The second kappa shape index (κ2) is 5.85. The molecule has 112 valence electrons. The van der Waals surface area contributed by atoms with Gasteiger partial charge in [0.15, 0.2) is 0 Å². The van der Waals surface area contributed by atoms with Gasteiger partial charge >= 0.3 is 0 Å². The number of sulfonamides is 1. The second-order valence-corrected chi connectivity index (χ2v) is 7.75. The van der Waals surface area contributed by atoms with Crippen molar-refractivity contribution in [3.63, 3.8) is 0 Å². The Morgan fingerprint density at radius 2 is 1.76 bits per heavy atom. The number of anilines is 1. The van der Waals surface area contributed by atoms with Crippen molar-refractivity contribution >= 4 is 15.7 Å². The van der Waals surface area contributed by atoms with E-state index in [1.165, 1.54) is 0 Å². The maximum atomic E-state index is 12.2. The van der Waals surface area contributed by atoms with E-state index in [1.54, 1.807) is 30.5 Å². The van der Waals surface area contributed by atoms with Crippen molar-refractivity contribution < 1.29 is 8.42 Å². The summed E-state index contributed by atoms with van der Waals surface area (Å²) < 4.78 is 27.0. The fourth-order valence-electron chi connectivity index (χ4n) is 1.91. The highest BCUT2D eigenvalue weighted by Crippen LogP contribution is 2.23. The van der Waals surface area contributed by atoms with Crippen molar-refractivity contribution in [2.24, 2.45) is 0 Å². The summed E-state index contributed by atoms with van der Waals surface area (Å²) in [4.78, 5) is 4.29. The van der Waals surface area contributed by atoms with Gasteiger partial charge in [-0.1, -0.05) is 51.1 Å². The molecular formula is C16H20N2O2S. The lowest BCUT2D eigenvalue weighted by Gasteiger charge is -2.18. The van der Waals surface area contributed by atoms with Crippen LogP contribution in [0.25, 0.3) is 0 Å². The average Bonchev–Trinajstić information content (AvgIpc) is 2.38. The standard InChI is InChI=1S/C16H20N2O2S/c1-16(2,3)15-11-14(9-10-17-15)18-21(19,20)12-13-7-5-4-6-8-13/h4-11H,12H2,1-3H3,(H,17,18). The first kappa shape index (κ1) is 15.5. The van der Waals surface area contributed by atoms with Gasteiger partial charge in [-0.3, -0.25) is 9.71 Å². The smallest absolute Gasteiger partial charge is 0.236 e. The normalized spacial score (nSPS) is 12.1. The zero-order valence-corrected chi connectivity index (χ0v) is 13.3. The summed E-state index contributed by atoms with van der Waals surface area (Å²) in [6.45, 7) is 6.12. The molecule has 0 spiro atoms. The Balaban J connectivity index is 2.17. The van der Waals surface area contributed by atoms with Gasteiger partial charge in [-0.25, -0.2) is 8.42 Å². The number of hydrogen-bond acceptors (Lipinski definition) is 3. The van der Waals surface area contributed by atoms with Crippen molar-refractivity contribution in [2.45, 2.75) is 31.9 Å². The van der Waals surface area contributed by atoms with Gasteiger partial charge in [0, 0.05) is 17.3 Å². The van der Waals surface area contributed by atoms with E-state index in [4.69, 9.17) is 0 Å². The number of nitrogens with zero attached hydrogens (tertiary/aromatic N) is 1. The average molecular weight is 304 g/mol. The van der Waals surface area contributed by atoms with Gasteiger partial charge in [0.25, 0.3) is 0 Å². The van der Waals surface area contributed by atoms with Crippen LogP contribution in [0.4, 0.5) is 5.69 Å². The third kappa shape index (κ3) is 4.56. The first-order chi connectivity index (χ1) is 9.76. The van der Waals surface area contributed by atoms with Gasteiger partial charge in [0.2, 0.25) is 10.0 Å². The molecular weight excluding hydrogens is 284 g/mol. The van der Waals surface area contributed by atoms with E-state index in [-0.39, 0.29) is 11.2 Å². The number of nitrogens with one attached hydrogen (secondary N) is 1. The fraction of sp³-hybridized carbons (Fsp3) is 0.312. The molecule has 0 saturated heterocycles. The molecule has 0 radical (unpaired) electrons. The first-order valence-corrected chi connectivity index (χ1v) is 8.42. The topological polar surface area (TPSA) is 59.1 Å². The Morgan fingerprint density at radius 3 is 2.38 bits per heavy atom. The molecule has 1 N–H and O–H groups in total. The molecule has 0 fully saturated rings. The van der Waals surface area contributed by atoms with Crippen LogP contribution in [0.15, 0.2) is 48.7 Å². The Hall–Kier alpha value is -1.88. The number of hydrogen-bond donors (Lipinski definition) is 1. The number of aromatic nitrogens is 1. The lowest BCUT2D eigenvalue weighted by atomic mass is 9.91. The highest BCUT2D eigenvalue weighted by Gasteiger charge is 2.17. The van der Waals surface area contributed by atoms with Gasteiger partial charge < -0.3 is 0 Å². The van der Waals surface area contributed by atoms with Crippen LogP contribution in [0.5, 0.6) is 0 Å². The quantitative estimate of drug-likeness (QED) is 0.942. The van der Waals surface area contributed by atoms with Gasteiger partial charge in [-0.05, 0) is 17.7 Å². The summed E-state index contributed by atoms with van der Waals surface area (Å²) in [7, 11) is -3.43. The Bertz CT molecular complexity index is 705. The van der Waals surface area contributed by atoms with Crippen LogP contribution in [0, 0.1) is 0 Å². The summed E-state index contributed by atoms with van der Waals surface area (Å²) >= 11 is 0. The molecule has 2 aromatic rings. The SMILES string of the molecule is CC(C)(C)c1cc(NS(=O)(=O)Cc2ccccc2)ccn1. The molecule has 0 aliphatic carbocycles. The van der Waals surface area contributed by atoms with Crippen molar-refractivity contribution in [3.05, 3.63) is 59.9 Å². The molecule has 0 amide bonds. The second-order valence-electron chi connectivity index (χ2n) is 6.03. The molecule has 1 aromatic carbocycles. The van der Waals surface area contributed by atoms with E-state index in [9.17, 15) is 8.42 Å². The van der Waals surface area contributed by atoms with Crippen LogP contribution in [-0.4, -0.2) is 13.4 Å². The molecule has 0 saturated carbocycles. The summed E-state index contributed by atoms with van der Waals surface area (Å²) in [5.41, 5.74) is 2.03. The van der Waals surface area contributed by atoms with Crippen LogP contribution < -0.4 is 4.72 Å². The molecule has 4 nitrogen and oxygen atoms in total. The van der Waals surface area contributed by atoms with Gasteiger partial charge in [-0.2, -0.15) is 0 Å². The molecule has 0 unspecified atom stereocenters. The minimum atomic E-state index is -3.43.